The summed E-state index contributed by atoms with van der Waals surface area (Å²) in [6.45, 7) is 3.42. The van der Waals surface area contributed by atoms with Gasteiger partial charge in [-0.15, -0.1) is 0 Å². The van der Waals surface area contributed by atoms with E-state index in [1.807, 2.05) is 18.9 Å². The van der Waals surface area contributed by atoms with Crippen molar-refractivity contribution in [3.8, 4) is 0 Å². The van der Waals surface area contributed by atoms with Gasteiger partial charge in [-0.1, -0.05) is 0 Å². The molecule has 0 aliphatic heterocycles. The molecule has 0 aromatic rings. The molecule has 1 unspecified atom stereocenters. The second kappa shape index (κ2) is 7.74. The molecule has 0 bridgehead atoms. The molecule has 106 valence electrons. The van der Waals surface area contributed by atoms with E-state index in [2.05, 4.69) is 0 Å². The Bertz CT molecular complexity index is 250. The normalized spacial score (nSPS) is 25.8. The number of nitrogens with two attached hydrogens (primary N) is 1. The third-order valence-electron chi connectivity index (χ3n) is 4.23. The van der Waals surface area contributed by atoms with Gasteiger partial charge in [-0.25, -0.2) is 0 Å². The highest BCUT2D eigenvalue weighted by molar-refractivity contribution is 5.76. The highest BCUT2D eigenvalue weighted by Crippen LogP contribution is 2.30. The van der Waals surface area contributed by atoms with Crippen LogP contribution in [0.25, 0.3) is 0 Å². The number of hydrogen-bond donors (Lipinski definition) is 1. The first-order valence-corrected chi connectivity index (χ1v) is 7.03. The fourth-order valence-corrected chi connectivity index (χ4v) is 2.66. The van der Waals surface area contributed by atoms with Gasteiger partial charge >= 0.3 is 0 Å². The summed E-state index contributed by atoms with van der Waals surface area (Å²) in [6.07, 6.45) is 5.36. The van der Waals surface area contributed by atoms with Crippen LogP contribution in [0.4, 0.5) is 0 Å². The van der Waals surface area contributed by atoms with Crippen LogP contribution in [0.5, 0.6) is 0 Å². The second-order valence-corrected chi connectivity index (χ2v) is 5.64. The highest BCUT2D eigenvalue weighted by atomic mass is 16.5. The number of carbonyl (C=O) groups is 1. The quantitative estimate of drug-likeness (QED) is 0.786. The van der Waals surface area contributed by atoms with Crippen molar-refractivity contribution in [2.75, 3.05) is 27.3 Å². The summed E-state index contributed by atoms with van der Waals surface area (Å²) in [5.74, 6) is 1.48. The van der Waals surface area contributed by atoms with Crippen molar-refractivity contribution in [3.05, 3.63) is 0 Å². The van der Waals surface area contributed by atoms with Crippen LogP contribution >= 0.6 is 0 Å². The van der Waals surface area contributed by atoms with E-state index in [9.17, 15) is 4.79 Å². The first-order chi connectivity index (χ1) is 8.58. The summed E-state index contributed by atoms with van der Waals surface area (Å²) in [6, 6.07) is 0.155. The summed E-state index contributed by atoms with van der Waals surface area (Å²) in [4.78, 5) is 13.9. The smallest absolute Gasteiger partial charge is 0.222 e. The fraction of sp³-hybridized carbons (Fsp3) is 0.929. The SMILES string of the molecule is COCC(C)N(C)C(=O)CC1CCC(CN)CC1. The Morgan fingerprint density at radius 2 is 1.89 bits per heavy atom. The lowest BCUT2D eigenvalue weighted by atomic mass is 9.80. The predicted molar refractivity (Wildman–Crippen MR) is 73.2 cm³/mol. The molecule has 18 heavy (non-hydrogen) atoms. The number of amides is 1. The summed E-state index contributed by atoms with van der Waals surface area (Å²) < 4.78 is 5.09. The van der Waals surface area contributed by atoms with Crippen LogP contribution in [0.15, 0.2) is 0 Å². The van der Waals surface area contributed by atoms with Gasteiger partial charge in [-0.3, -0.25) is 4.79 Å². The average Bonchev–Trinajstić information content (AvgIpc) is 2.39. The molecule has 2 N–H and O–H groups in total. The molecular formula is C14H28N2O2. The Balaban J connectivity index is 2.32. The maximum atomic E-state index is 12.1. The number of methoxy groups -OCH3 is 1. The Labute approximate surface area is 111 Å². The number of ether oxygens (including phenoxy) is 1. The molecule has 1 rings (SSSR count). The first kappa shape index (κ1) is 15.4. The minimum absolute atomic E-state index is 0.155. The summed E-state index contributed by atoms with van der Waals surface area (Å²) in [5, 5.41) is 0. The standard InChI is InChI=1S/C14H28N2O2/c1-11(10-18-3)16(2)14(17)8-12-4-6-13(9-15)7-5-12/h11-13H,4-10,15H2,1-3H3. The van der Waals surface area contributed by atoms with E-state index in [0.29, 0.717) is 24.9 Å². The van der Waals surface area contributed by atoms with Crippen molar-refractivity contribution in [3.63, 3.8) is 0 Å². The number of hydrogen-bond acceptors (Lipinski definition) is 3. The zero-order valence-electron chi connectivity index (χ0n) is 12.0. The van der Waals surface area contributed by atoms with Crippen LogP contribution in [0.2, 0.25) is 0 Å². The van der Waals surface area contributed by atoms with Crippen molar-refractivity contribution in [2.24, 2.45) is 17.6 Å². The third kappa shape index (κ3) is 4.58. The van der Waals surface area contributed by atoms with E-state index < -0.39 is 0 Å². The van der Waals surface area contributed by atoms with Gasteiger partial charge in [-0.2, -0.15) is 0 Å². The molecule has 1 aliphatic carbocycles. The number of carbonyl (C=O) groups excluding carboxylic acids is 1. The van der Waals surface area contributed by atoms with Crippen LogP contribution < -0.4 is 5.73 Å². The van der Waals surface area contributed by atoms with Gasteiger partial charge < -0.3 is 15.4 Å². The fourth-order valence-electron chi connectivity index (χ4n) is 2.66. The Kier molecular flexibility index (Phi) is 6.65. The molecular weight excluding hydrogens is 228 g/mol. The van der Waals surface area contributed by atoms with Crippen molar-refractivity contribution in [1.82, 2.24) is 4.90 Å². The highest BCUT2D eigenvalue weighted by Gasteiger charge is 2.24. The summed E-state index contributed by atoms with van der Waals surface area (Å²) in [5.41, 5.74) is 5.68. The summed E-state index contributed by atoms with van der Waals surface area (Å²) >= 11 is 0. The Morgan fingerprint density at radius 1 is 1.33 bits per heavy atom. The number of nitrogens with zero attached hydrogens (tertiary/aromatic N) is 1. The van der Waals surface area contributed by atoms with E-state index >= 15 is 0 Å². The molecule has 1 aliphatic rings. The second-order valence-electron chi connectivity index (χ2n) is 5.64. The Morgan fingerprint density at radius 3 is 2.39 bits per heavy atom. The third-order valence-corrected chi connectivity index (χ3v) is 4.23. The van der Waals surface area contributed by atoms with Gasteiger partial charge in [0.05, 0.1) is 12.6 Å². The molecule has 4 heteroatoms. The Hall–Kier alpha value is -0.610. The lowest BCUT2D eigenvalue weighted by molar-refractivity contribution is -0.133. The van der Waals surface area contributed by atoms with Crippen LogP contribution in [-0.4, -0.2) is 44.2 Å². The van der Waals surface area contributed by atoms with Crippen molar-refractivity contribution < 1.29 is 9.53 Å². The molecule has 0 heterocycles. The van der Waals surface area contributed by atoms with Crippen LogP contribution in [-0.2, 0) is 9.53 Å². The van der Waals surface area contributed by atoms with Gasteiger partial charge in [0.15, 0.2) is 0 Å². The van der Waals surface area contributed by atoms with Gasteiger partial charge in [0.2, 0.25) is 5.91 Å². The monoisotopic (exact) mass is 256 g/mol. The average molecular weight is 256 g/mol. The molecule has 0 aromatic heterocycles. The van der Waals surface area contributed by atoms with E-state index in [0.717, 1.165) is 19.4 Å². The van der Waals surface area contributed by atoms with Crippen molar-refractivity contribution in [2.45, 2.75) is 45.1 Å². The molecule has 1 fully saturated rings. The lowest BCUT2D eigenvalue weighted by Gasteiger charge is -2.30. The van der Waals surface area contributed by atoms with Crippen LogP contribution in [0, 0.1) is 11.8 Å². The zero-order chi connectivity index (χ0) is 13.5. The van der Waals surface area contributed by atoms with Gasteiger partial charge in [0.1, 0.15) is 0 Å². The van der Waals surface area contributed by atoms with Crippen LogP contribution in [0.1, 0.15) is 39.0 Å². The molecule has 0 radical (unpaired) electrons. The van der Waals surface area contributed by atoms with Crippen molar-refractivity contribution in [1.29, 1.82) is 0 Å². The van der Waals surface area contributed by atoms with Gasteiger partial charge in [0.25, 0.3) is 0 Å². The molecule has 0 aromatic carbocycles. The summed E-state index contributed by atoms with van der Waals surface area (Å²) in [7, 11) is 3.54. The number of rotatable bonds is 6. The van der Waals surface area contributed by atoms with Gasteiger partial charge in [-0.05, 0) is 51.0 Å². The largest absolute Gasteiger partial charge is 0.383 e. The molecule has 1 saturated carbocycles. The van der Waals surface area contributed by atoms with E-state index in [1.165, 1.54) is 12.8 Å². The van der Waals surface area contributed by atoms with Crippen LogP contribution in [0.3, 0.4) is 0 Å². The molecule has 0 spiro atoms. The maximum absolute atomic E-state index is 12.1. The molecule has 1 atom stereocenters. The number of likely N-dealkylation sites (N-methyl/N-ethyl adjacent to an activating group) is 1. The van der Waals surface area contributed by atoms with E-state index in [4.69, 9.17) is 10.5 Å². The van der Waals surface area contributed by atoms with Gasteiger partial charge in [0, 0.05) is 20.6 Å². The molecule has 0 saturated heterocycles. The van der Waals surface area contributed by atoms with Crippen molar-refractivity contribution >= 4 is 5.91 Å². The minimum Gasteiger partial charge on any atom is -0.383 e. The molecule has 4 nitrogen and oxygen atoms in total. The maximum Gasteiger partial charge on any atom is 0.222 e. The van der Waals surface area contributed by atoms with E-state index in [1.54, 1.807) is 7.11 Å². The lowest BCUT2D eigenvalue weighted by Crippen LogP contribution is -2.39. The van der Waals surface area contributed by atoms with E-state index in [-0.39, 0.29) is 11.9 Å². The first-order valence-electron chi connectivity index (χ1n) is 7.03. The molecule has 1 amide bonds. The topological polar surface area (TPSA) is 55.6 Å². The minimum atomic E-state index is 0.155. The predicted octanol–water partition coefficient (Wildman–Crippen LogP) is 1.63. The zero-order valence-corrected chi connectivity index (χ0v) is 12.0.